The summed E-state index contributed by atoms with van der Waals surface area (Å²) in [5.41, 5.74) is 3.58. The maximum absolute atomic E-state index is 12.0. The molecular formula is C18H18N6O. The van der Waals surface area contributed by atoms with E-state index in [0.29, 0.717) is 12.4 Å². The number of para-hydroxylation sites is 1. The van der Waals surface area contributed by atoms with Crippen LogP contribution in [0.1, 0.15) is 34.7 Å². The van der Waals surface area contributed by atoms with Crippen LogP contribution in [0.2, 0.25) is 0 Å². The van der Waals surface area contributed by atoms with Crippen LogP contribution in [0.5, 0.6) is 0 Å². The minimum absolute atomic E-state index is 0.0216. The van der Waals surface area contributed by atoms with Gasteiger partial charge in [-0.2, -0.15) is 4.68 Å². The van der Waals surface area contributed by atoms with E-state index in [4.69, 9.17) is 0 Å². The van der Waals surface area contributed by atoms with Crippen molar-refractivity contribution in [1.29, 1.82) is 0 Å². The number of tetrazole rings is 1. The van der Waals surface area contributed by atoms with Crippen LogP contribution in [0.4, 0.5) is 5.69 Å². The molecule has 0 unspecified atom stereocenters. The second kappa shape index (κ2) is 6.35. The monoisotopic (exact) mass is 334 g/mol. The van der Waals surface area contributed by atoms with Crippen LogP contribution in [0.3, 0.4) is 0 Å². The molecule has 7 heteroatoms. The number of benzene rings is 2. The molecule has 0 radical (unpaired) electrons. The minimum atomic E-state index is -0.125. The van der Waals surface area contributed by atoms with E-state index in [9.17, 15) is 4.79 Å². The molecule has 1 amide bonds. The lowest BCUT2D eigenvalue weighted by Crippen LogP contribution is -2.31. The zero-order valence-electron chi connectivity index (χ0n) is 13.8. The van der Waals surface area contributed by atoms with Gasteiger partial charge in [0.05, 0.1) is 11.7 Å². The standard InChI is InChI=1S/C18H18N6O/c1-12(17-21-22-23-24(17)15-5-3-2-4-6-15)20-14-8-7-13-9-10-19-18(25)16(13)11-14/h2-8,11-12,20H,9-10H2,1H3,(H,19,25)/t12-/m1/s1. The van der Waals surface area contributed by atoms with Gasteiger partial charge in [0.25, 0.3) is 5.91 Å². The molecule has 3 aromatic rings. The van der Waals surface area contributed by atoms with Gasteiger partial charge < -0.3 is 10.6 Å². The summed E-state index contributed by atoms with van der Waals surface area (Å²) >= 11 is 0. The van der Waals surface area contributed by atoms with E-state index in [0.717, 1.165) is 28.9 Å². The normalized spacial score (nSPS) is 14.5. The Bertz CT molecular complexity index is 905. The van der Waals surface area contributed by atoms with Crippen molar-refractivity contribution < 1.29 is 4.79 Å². The Morgan fingerprint density at radius 2 is 2.04 bits per heavy atom. The Kier molecular flexibility index (Phi) is 3.89. The average Bonchev–Trinajstić information content (AvgIpc) is 3.13. The number of nitrogens with zero attached hydrogens (tertiary/aromatic N) is 4. The van der Waals surface area contributed by atoms with E-state index in [1.54, 1.807) is 4.68 Å². The first-order valence-electron chi connectivity index (χ1n) is 8.24. The molecule has 0 aliphatic carbocycles. The smallest absolute Gasteiger partial charge is 0.251 e. The van der Waals surface area contributed by atoms with Gasteiger partial charge in [-0.25, -0.2) is 0 Å². The molecule has 0 spiro atoms. The maximum atomic E-state index is 12.0. The van der Waals surface area contributed by atoms with Crippen molar-refractivity contribution >= 4 is 11.6 Å². The summed E-state index contributed by atoms with van der Waals surface area (Å²) in [5, 5.41) is 18.3. The molecule has 2 heterocycles. The molecule has 2 N–H and O–H groups in total. The van der Waals surface area contributed by atoms with Gasteiger partial charge in [-0.05, 0) is 53.6 Å². The van der Waals surface area contributed by atoms with Crippen molar-refractivity contribution in [2.75, 3.05) is 11.9 Å². The third kappa shape index (κ3) is 2.96. The highest BCUT2D eigenvalue weighted by Crippen LogP contribution is 2.23. The SMILES string of the molecule is C[C@@H](Nc1ccc2c(c1)C(=O)NCC2)c1nnnn1-c1ccccc1. The van der Waals surface area contributed by atoms with Gasteiger partial charge in [0.15, 0.2) is 5.82 Å². The molecule has 0 saturated heterocycles. The zero-order valence-corrected chi connectivity index (χ0v) is 13.8. The number of fused-ring (bicyclic) bond motifs is 1. The number of hydrogen-bond donors (Lipinski definition) is 2. The third-order valence-corrected chi connectivity index (χ3v) is 4.30. The summed E-state index contributed by atoms with van der Waals surface area (Å²) in [6.07, 6.45) is 0.864. The molecule has 2 aromatic carbocycles. The van der Waals surface area contributed by atoms with Crippen LogP contribution >= 0.6 is 0 Å². The Morgan fingerprint density at radius 1 is 1.20 bits per heavy atom. The zero-order chi connectivity index (χ0) is 17.2. The fourth-order valence-corrected chi connectivity index (χ4v) is 3.03. The molecule has 1 atom stereocenters. The number of rotatable bonds is 4. The predicted molar refractivity (Wildman–Crippen MR) is 93.7 cm³/mol. The van der Waals surface area contributed by atoms with Crippen LogP contribution in [0.15, 0.2) is 48.5 Å². The van der Waals surface area contributed by atoms with Crippen molar-refractivity contribution in [3.05, 3.63) is 65.5 Å². The molecule has 1 aliphatic rings. The van der Waals surface area contributed by atoms with Crippen molar-refractivity contribution in [3.8, 4) is 5.69 Å². The van der Waals surface area contributed by atoms with Gasteiger partial charge in [-0.15, -0.1) is 5.10 Å². The van der Waals surface area contributed by atoms with Gasteiger partial charge >= 0.3 is 0 Å². The number of carbonyl (C=O) groups excluding carboxylic acids is 1. The predicted octanol–water partition coefficient (Wildman–Crippen LogP) is 2.12. The van der Waals surface area contributed by atoms with Crippen molar-refractivity contribution in [2.45, 2.75) is 19.4 Å². The van der Waals surface area contributed by atoms with E-state index in [1.807, 2.05) is 55.5 Å². The van der Waals surface area contributed by atoms with E-state index in [-0.39, 0.29) is 11.9 Å². The van der Waals surface area contributed by atoms with Crippen LogP contribution in [-0.2, 0) is 6.42 Å². The fraction of sp³-hybridized carbons (Fsp3) is 0.222. The first kappa shape index (κ1) is 15.3. The van der Waals surface area contributed by atoms with Gasteiger partial charge in [0.1, 0.15) is 0 Å². The van der Waals surface area contributed by atoms with Crippen LogP contribution in [0.25, 0.3) is 5.69 Å². The highest BCUT2D eigenvalue weighted by Gasteiger charge is 2.19. The van der Waals surface area contributed by atoms with Gasteiger partial charge in [-0.1, -0.05) is 24.3 Å². The largest absolute Gasteiger partial charge is 0.375 e. The summed E-state index contributed by atoms with van der Waals surface area (Å²) < 4.78 is 1.71. The van der Waals surface area contributed by atoms with Crippen molar-refractivity contribution in [2.24, 2.45) is 0 Å². The lowest BCUT2D eigenvalue weighted by molar-refractivity contribution is 0.0946. The third-order valence-electron chi connectivity index (χ3n) is 4.30. The first-order chi connectivity index (χ1) is 12.2. The number of hydrogen-bond acceptors (Lipinski definition) is 5. The molecule has 4 rings (SSSR count). The summed E-state index contributed by atoms with van der Waals surface area (Å²) in [5.74, 6) is 0.681. The molecule has 0 bridgehead atoms. The van der Waals surface area contributed by atoms with Gasteiger partial charge in [0.2, 0.25) is 0 Å². The average molecular weight is 334 g/mol. The number of carbonyl (C=O) groups is 1. The Morgan fingerprint density at radius 3 is 2.88 bits per heavy atom. The lowest BCUT2D eigenvalue weighted by atomic mass is 9.99. The first-order valence-corrected chi connectivity index (χ1v) is 8.24. The molecule has 7 nitrogen and oxygen atoms in total. The van der Waals surface area contributed by atoms with Gasteiger partial charge in [-0.3, -0.25) is 4.79 Å². The Balaban J connectivity index is 1.59. The van der Waals surface area contributed by atoms with Gasteiger partial charge in [0, 0.05) is 17.8 Å². The second-order valence-corrected chi connectivity index (χ2v) is 6.03. The summed E-state index contributed by atoms with van der Waals surface area (Å²) in [6, 6.07) is 15.5. The second-order valence-electron chi connectivity index (χ2n) is 6.03. The summed E-state index contributed by atoms with van der Waals surface area (Å²) in [6.45, 7) is 2.69. The van der Waals surface area contributed by atoms with Crippen LogP contribution in [-0.4, -0.2) is 32.7 Å². The maximum Gasteiger partial charge on any atom is 0.251 e. The molecule has 1 aromatic heterocycles. The van der Waals surface area contributed by atoms with E-state index < -0.39 is 0 Å². The highest BCUT2D eigenvalue weighted by molar-refractivity contribution is 5.97. The molecule has 0 saturated carbocycles. The summed E-state index contributed by atoms with van der Waals surface area (Å²) in [4.78, 5) is 12.0. The fourth-order valence-electron chi connectivity index (χ4n) is 3.03. The van der Waals surface area contributed by atoms with E-state index in [2.05, 4.69) is 26.2 Å². The number of nitrogens with one attached hydrogen (secondary N) is 2. The quantitative estimate of drug-likeness (QED) is 0.763. The summed E-state index contributed by atoms with van der Waals surface area (Å²) in [7, 11) is 0. The topological polar surface area (TPSA) is 84.7 Å². The Labute approximate surface area is 145 Å². The number of anilines is 1. The lowest BCUT2D eigenvalue weighted by Gasteiger charge is -2.19. The van der Waals surface area contributed by atoms with E-state index >= 15 is 0 Å². The van der Waals surface area contributed by atoms with E-state index in [1.165, 1.54) is 0 Å². The highest BCUT2D eigenvalue weighted by atomic mass is 16.1. The van der Waals surface area contributed by atoms with Crippen LogP contribution in [0, 0.1) is 0 Å². The van der Waals surface area contributed by atoms with Crippen molar-refractivity contribution in [1.82, 2.24) is 25.5 Å². The molecular weight excluding hydrogens is 316 g/mol. The minimum Gasteiger partial charge on any atom is -0.375 e. The number of amides is 1. The molecule has 25 heavy (non-hydrogen) atoms. The molecule has 0 fully saturated rings. The molecule has 126 valence electrons. The van der Waals surface area contributed by atoms with Crippen molar-refractivity contribution in [3.63, 3.8) is 0 Å². The number of aromatic nitrogens is 4. The Hall–Kier alpha value is -3.22. The van der Waals surface area contributed by atoms with Crippen LogP contribution < -0.4 is 10.6 Å². The molecule has 1 aliphatic heterocycles.